The second kappa shape index (κ2) is 9.60. The first-order valence-corrected chi connectivity index (χ1v) is 11.8. The summed E-state index contributed by atoms with van der Waals surface area (Å²) >= 11 is 0. The van der Waals surface area contributed by atoms with E-state index < -0.39 is 0 Å². The fraction of sp³-hybridized carbons (Fsp3) is 0.192. The molecule has 182 valence electrons. The van der Waals surface area contributed by atoms with Gasteiger partial charge in [0.25, 0.3) is 0 Å². The summed E-state index contributed by atoms with van der Waals surface area (Å²) in [7, 11) is 0. The molecule has 1 aliphatic heterocycles. The van der Waals surface area contributed by atoms with E-state index in [2.05, 4.69) is 16.0 Å². The minimum absolute atomic E-state index is 0.0395. The molecule has 0 amide bonds. The Morgan fingerprint density at radius 1 is 1.05 bits per heavy atom. The molecule has 11 heteroatoms. The van der Waals surface area contributed by atoms with Crippen molar-refractivity contribution in [3.63, 3.8) is 0 Å². The van der Waals surface area contributed by atoms with E-state index in [0.29, 0.717) is 66.2 Å². The third-order valence-corrected chi connectivity index (χ3v) is 6.09. The van der Waals surface area contributed by atoms with Gasteiger partial charge in [-0.3, -0.25) is 9.78 Å². The molecule has 37 heavy (non-hydrogen) atoms. The quantitative estimate of drug-likeness (QED) is 0.329. The lowest BCUT2D eigenvalue weighted by Gasteiger charge is -2.27. The van der Waals surface area contributed by atoms with E-state index >= 15 is 0 Å². The predicted octanol–water partition coefficient (Wildman–Crippen LogP) is 2.67. The number of hydrogen-bond acceptors (Lipinski definition) is 9. The van der Waals surface area contributed by atoms with E-state index in [1.54, 1.807) is 58.3 Å². The number of carbonyl (C=O) groups excluding carboxylic acids is 1. The molecule has 0 saturated carbocycles. The Labute approximate surface area is 211 Å². The third-order valence-electron chi connectivity index (χ3n) is 6.09. The highest BCUT2D eigenvalue weighted by molar-refractivity contribution is 5.95. The van der Waals surface area contributed by atoms with Crippen LogP contribution in [0.5, 0.6) is 0 Å². The van der Waals surface area contributed by atoms with Crippen LogP contribution in [-0.4, -0.2) is 66.4 Å². The molecular formula is C26H21N9O2. The molecule has 5 aromatic rings. The number of imidazole rings is 1. The maximum absolute atomic E-state index is 12.9. The zero-order chi connectivity index (χ0) is 25.2. The van der Waals surface area contributed by atoms with Gasteiger partial charge in [0.1, 0.15) is 5.69 Å². The van der Waals surface area contributed by atoms with Gasteiger partial charge in [0.15, 0.2) is 17.0 Å². The fourth-order valence-corrected chi connectivity index (χ4v) is 4.21. The molecule has 1 aliphatic rings. The first-order valence-electron chi connectivity index (χ1n) is 11.8. The molecule has 6 rings (SSSR count). The summed E-state index contributed by atoms with van der Waals surface area (Å²) < 4.78 is 8.86. The molecule has 0 aliphatic carbocycles. The highest BCUT2D eigenvalue weighted by atomic mass is 16.5. The number of nitriles is 1. The van der Waals surface area contributed by atoms with Crippen molar-refractivity contribution in [3.05, 3.63) is 78.5 Å². The van der Waals surface area contributed by atoms with Crippen LogP contribution in [-0.2, 0) is 11.3 Å². The summed E-state index contributed by atoms with van der Waals surface area (Å²) in [6, 6.07) is 16.5. The van der Waals surface area contributed by atoms with Crippen LogP contribution < -0.4 is 4.90 Å². The number of ketones is 1. The van der Waals surface area contributed by atoms with Gasteiger partial charge in [-0.15, -0.1) is 0 Å². The Bertz CT molecular complexity index is 1630. The molecule has 0 unspecified atom stereocenters. The Hall–Kier alpha value is -4.95. The smallest absolute Gasteiger partial charge is 0.229 e. The lowest BCUT2D eigenvalue weighted by Crippen LogP contribution is -2.37. The normalized spacial score (nSPS) is 13.5. The second-order valence-electron chi connectivity index (χ2n) is 8.47. The van der Waals surface area contributed by atoms with Crippen molar-refractivity contribution in [1.82, 2.24) is 34.3 Å². The number of carbonyl (C=O) groups is 1. The molecule has 0 spiro atoms. The number of pyridine rings is 1. The van der Waals surface area contributed by atoms with Crippen LogP contribution in [0.25, 0.3) is 28.2 Å². The Morgan fingerprint density at radius 2 is 1.95 bits per heavy atom. The highest BCUT2D eigenvalue weighted by Crippen LogP contribution is 2.25. The van der Waals surface area contributed by atoms with Crippen molar-refractivity contribution in [1.29, 1.82) is 5.26 Å². The molecule has 1 saturated heterocycles. The number of aromatic nitrogens is 7. The van der Waals surface area contributed by atoms with Gasteiger partial charge in [0.05, 0.1) is 43.4 Å². The van der Waals surface area contributed by atoms with Gasteiger partial charge in [0, 0.05) is 31.0 Å². The van der Waals surface area contributed by atoms with Crippen LogP contribution in [0.1, 0.15) is 16.1 Å². The average molecular weight is 492 g/mol. The van der Waals surface area contributed by atoms with Crippen molar-refractivity contribution < 1.29 is 9.53 Å². The summed E-state index contributed by atoms with van der Waals surface area (Å²) in [5.41, 5.74) is 3.50. The molecule has 0 radical (unpaired) electrons. The number of nitrogens with zero attached hydrogens (tertiary/aromatic N) is 9. The van der Waals surface area contributed by atoms with Gasteiger partial charge in [0.2, 0.25) is 11.7 Å². The monoisotopic (exact) mass is 491 g/mol. The fourth-order valence-electron chi connectivity index (χ4n) is 4.21. The minimum atomic E-state index is -0.147. The van der Waals surface area contributed by atoms with Gasteiger partial charge in [-0.1, -0.05) is 18.2 Å². The van der Waals surface area contributed by atoms with Crippen molar-refractivity contribution in [2.45, 2.75) is 6.54 Å². The van der Waals surface area contributed by atoms with Crippen molar-refractivity contribution in [3.8, 4) is 23.1 Å². The number of hydrogen-bond donors (Lipinski definition) is 0. The molecule has 11 nitrogen and oxygen atoms in total. The van der Waals surface area contributed by atoms with E-state index in [-0.39, 0.29) is 12.3 Å². The summed E-state index contributed by atoms with van der Waals surface area (Å²) in [5.74, 6) is 0.867. The lowest BCUT2D eigenvalue weighted by atomic mass is 10.1. The molecule has 1 aromatic carbocycles. The molecule has 1 fully saturated rings. The topological polar surface area (TPSA) is 128 Å². The van der Waals surface area contributed by atoms with Crippen molar-refractivity contribution in [2.75, 3.05) is 31.2 Å². The minimum Gasteiger partial charge on any atom is -0.378 e. The molecule has 0 atom stereocenters. The summed E-state index contributed by atoms with van der Waals surface area (Å²) in [5, 5.41) is 14.0. The summed E-state index contributed by atoms with van der Waals surface area (Å²) in [6.45, 7) is 2.50. The first-order chi connectivity index (χ1) is 18.2. The van der Waals surface area contributed by atoms with E-state index in [1.807, 2.05) is 23.1 Å². The van der Waals surface area contributed by atoms with Crippen molar-refractivity contribution >= 4 is 22.9 Å². The van der Waals surface area contributed by atoms with Crippen LogP contribution in [0.15, 0.2) is 67.3 Å². The van der Waals surface area contributed by atoms with E-state index in [1.165, 1.54) is 0 Å². The van der Waals surface area contributed by atoms with Crippen LogP contribution in [0.3, 0.4) is 0 Å². The van der Waals surface area contributed by atoms with Gasteiger partial charge in [-0.25, -0.2) is 9.67 Å². The van der Waals surface area contributed by atoms with Crippen LogP contribution in [0, 0.1) is 11.3 Å². The van der Waals surface area contributed by atoms with Gasteiger partial charge < -0.3 is 14.2 Å². The van der Waals surface area contributed by atoms with Gasteiger partial charge in [-0.05, 0) is 30.3 Å². The molecule has 5 heterocycles. The standard InChI is InChI=1S/C26H21N9O2/c27-15-18-4-3-5-19(14-18)20-7-9-35(32-20)25-23-24(30-26(31-25)33-10-12-37-13-11-33)34(17-29-23)16-22(36)21-6-1-2-8-28-21/h1-9,14,17H,10-13,16H2. The molecule has 4 aromatic heterocycles. The highest BCUT2D eigenvalue weighted by Gasteiger charge is 2.22. The number of ether oxygens (including phenoxy) is 1. The SMILES string of the molecule is N#Cc1cccc(-c2ccn(-c3nc(N4CCOCC4)nc4c3ncn4CC(=O)c3ccccn3)n2)c1. The number of Topliss-reactive ketones (excluding diaryl/α,β-unsaturated/α-hetero) is 1. The summed E-state index contributed by atoms with van der Waals surface area (Å²) in [4.78, 5) is 33.3. The Balaban J connectivity index is 1.43. The van der Waals surface area contributed by atoms with E-state index in [4.69, 9.17) is 19.8 Å². The second-order valence-corrected chi connectivity index (χ2v) is 8.47. The van der Waals surface area contributed by atoms with E-state index in [0.717, 1.165) is 5.56 Å². The average Bonchev–Trinajstić information content (AvgIpc) is 3.61. The Morgan fingerprint density at radius 3 is 2.76 bits per heavy atom. The molecular weight excluding hydrogens is 470 g/mol. The predicted molar refractivity (Wildman–Crippen MR) is 134 cm³/mol. The third kappa shape index (κ3) is 4.41. The maximum atomic E-state index is 12.9. The maximum Gasteiger partial charge on any atom is 0.229 e. The number of fused-ring (bicyclic) bond motifs is 1. The zero-order valence-electron chi connectivity index (χ0n) is 19.7. The number of rotatable bonds is 6. The van der Waals surface area contributed by atoms with Crippen LogP contribution in [0.2, 0.25) is 0 Å². The largest absolute Gasteiger partial charge is 0.378 e. The van der Waals surface area contributed by atoms with Crippen LogP contribution in [0.4, 0.5) is 5.95 Å². The van der Waals surface area contributed by atoms with Gasteiger partial charge in [-0.2, -0.15) is 20.3 Å². The zero-order valence-corrected chi connectivity index (χ0v) is 19.7. The van der Waals surface area contributed by atoms with Crippen LogP contribution >= 0.6 is 0 Å². The molecule has 0 N–H and O–H groups in total. The Kier molecular flexibility index (Phi) is 5.84. The molecule has 0 bridgehead atoms. The summed E-state index contributed by atoms with van der Waals surface area (Å²) in [6.07, 6.45) is 4.99. The van der Waals surface area contributed by atoms with Gasteiger partial charge >= 0.3 is 0 Å². The lowest BCUT2D eigenvalue weighted by molar-refractivity contribution is 0.0968. The number of morpholine rings is 1. The first kappa shape index (κ1) is 22.5. The van der Waals surface area contributed by atoms with E-state index in [9.17, 15) is 10.1 Å². The van der Waals surface area contributed by atoms with Crippen molar-refractivity contribution in [2.24, 2.45) is 0 Å². The number of anilines is 1. The number of benzene rings is 1.